The standard InChI is InChI=1S/C14H20ClNO/c1-9(10-2-3-10)14(17)13(8-16)11-4-6-12(15)7-5-11/h4-7,9-10,13-14,17H,2-3,8,16H2,1H3. The molecule has 0 aromatic heterocycles. The lowest BCUT2D eigenvalue weighted by Gasteiger charge is -2.27. The fourth-order valence-corrected chi connectivity index (χ4v) is 2.58. The quantitative estimate of drug-likeness (QED) is 0.848. The molecule has 0 amide bonds. The monoisotopic (exact) mass is 253 g/mol. The molecule has 1 aromatic rings. The van der Waals surface area contributed by atoms with E-state index < -0.39 is 0 Å². The molecule has 0 spiro atoms. The van der Waals surface area contributed by atoms with Crippen LogP contribution in [0.3, 0.4) is 0 Å². The number of benzene rings is 1. The van der Waals surface area contributed by atoms with E-state index in [1.807, 2.05) is 24.3 Å². The van der Waals surface area contributed by atoms with Gasteiger partial charge in [0, 0.05) is 17.5 Å². The van der Waals surface area contributed by atoms with Crippen molar-refractivity contribution in [2.75, 3.05) is 6.54 Å². The second-order valence-corrected chi connectivity index (χ2v) is 5.52. The number of aliphatic hydroxyl groups is 1. The van der Waals surface area contributed by atoms with Crippen LogP contribution in [0.1, 0.15) is 31.2 Å². The fourth-order valence-electron chi connectivity index (χ4n) is 2.45. The smallest absolute Gasteiger partial charge is 0.0648 e. The van der Waals surface area contributed by atoms with Gasteiger partial charge in [-0.25, -0.2) is 0 Å². The van der Waals surface area contributed by atoms with Gasteiger partial charge in [-0.1, -0.05) is 30.7 Å². The minimum absolute atomic E-state index is 0.0165. The molecule has 1 saturated carbocycles. The van der Waals surface area contributed by atoms with Gasteiger partial charge in [0.25, 0.3) is 0 Å². The average molecular weight is 254 g/mol. The molecule has 3 atom stereocenters. The normalized spacial score (nSPS) is 20.9. The van der Waals surface area contributed by atoms with Crippen LogP contribution < -0.4 is 5.73 Å². The minimum Gasteiger partial charge on any atom is -0.392 e. The summed E-state index contributed by atoms with van der Waals surface area (Å²) in [6, 6.07) is 7.63. The first-order chi connectivity index (χ1) is 8.13. The molecule has 1 aliphatic carbocycles. The molecule has 0 saturated heterocycles. The van der Waals surface area contributed by atoms with Crippen LogP contribution in [0.25, 0.3) is 0 Å². The second-order valence-electron chi connectivity index (χ2n) is 5.08. The maximum absolute atomic E-state index is 10.4. The Hall–Kier alpha value is -0.570. The van der Waals surface area contributed by atoms with Crippen molar-refractivity contribution in [1.29, 1.82) is 0 Å². The molecule has 3 heteroatoms. The lowest BCUT2D eigenvalue weighted by atomic mass is 9.84. The van der Waals surface area contributed by atoms with Crippen molar-refractivity contribution in [3.05, 3.63) is 34.9 Å². The topological polar surface area (TPSA) is 46.2 Å². The molecule has 0 radical (unpaired) electrons. The zero-order chi connectivity index (χ0) is 12.4. The Kier molecular flexibility index (Phi) is 4.08. The predicted molar refractivity (Wildman–Crippen MR) is 71.1 cm³/mol. The predicted octanol–water partition coefficient (Wildman–Crippen LogP) is 2.79. The SMILES string of the molecule is CC(C1CC1)C(O)C(CN)c1ccc(Cl)cc1. The second kappa shape index (κ2) is 5.38. The van der Waals surface area contributed by atoms with Gasteiger partial charge in [0.2, 0.25) is 0 Å². The number of halogens is 1. The summed E-state index contributed by atoms with van der Waals surface area (Å²) in [5, 5.41) is 11.1. The zero-order valence-corrected chi connectivity index (χ0v) is 10.9. The van der Waals surface area contributed by atoms with Gasteiger partial charge in [0.15, 0.2) is 0 Å². The lowest BCUT2D eigenvalue weighted by Crippen LogP contribution is -2.32. The van der Waals surface area contributed by atoms with Crippen molar-refractivity contribution in [1.82, 2.24) is 0 Å². The fraction of sp³-hybridized carbons (Fsp3) is 0.571. The summed E-state index contributed by atoms with van der Waals surface area (Å²) >= 11 is 5.87. The summed E-state index contributed by atoms with van der Waals surface area (Å²) in [6.07, 6.45) is 2.14. The molecule has 3 unspecified atom stereocenters. The number of rotatable bonds is 5. The Morgan fingerprint density at radius 3 is 2.41 bits per heavy atom. The molecule has 3 N–H and O–H groups in total. The van der Waals surface area contributed by atoms with Crippen LogP contribution in [-0.2, 0) is 0 Å². The van der Waals surface area contributed by atoms with E-state index in [0.29, 0.717) is 23.4 Å². The van der Waals surface area contributed by atoms with Crippen molar-refractivity contribution in [3.63, 3.8) is 0 Å². The van der Waals surface area contributed by atoms with E-state index in [1.54, 1.807) is 0 Å². The lowest BCUT2D eigenvalue weighted by molar-refractivity contribution is 0.0801. The van der Waals surface area contributed by atoms with Crippen molar-refractivity contribution in [3.8, 4) is 0 Å². The van der Waals surface area contributed by atoms with Crippen LogP contribution in [-0.4, -0.2) is 17.8 Å². The Balaban J connectivity index is 2.11. The molecule has 2 rings (SSSR count). The van der Waals surface area contributed by atoms with Crippen LogP contribution >= 0.6 is 11.6 Å². The highest BCUT2D eigenvalue weighted by molar-refractivity contribution is 6.30. The van der Waals surface area contributed by atoms with Gasteiger partial charge in [0.1, 0.15) is 0 Å². The van der Waals surface area contributed by atoms with E-state index >= 15 is 0 Å². The molecule has 1 fully saturated rings. The van der Waals surface area contributed by atoms with E-state index in [-0.39, 0.29) is 12.0 Å². The first-order valence-corrected chi connectivity index (χ1v) is 6.65. The number of aliphatic hydroxyl groups excluding tert-OH is 1. The van der Waals surface area contributed by atoms with Gasteiger partial charge in [-0.15, -0.1) is 0 Å². The highest BCUT2D eigenvalue weighted by Gasteiger charge is 2.36. The average Bonchev–Trinajstić information content (AvgIpc) is 3.15. The van der Waals surface area contributed by atoms with Crippen molar-refractivity contribution >= 4 is 11.6 Å². The Bertz CT molecular complexity index is 361. The molecule has 1 aromatic carbocycles. The number of hydrogen-bond donors (Lipinski definition) is 2. The van der Waals surface area contributed by atoms with E-state index in [1.165, 1.54) is 12.8 Å². The van der Waals surface area contributed by atoms with Crippen molar-refractivity contribution in [2.45, 2.75) is 31.8 Å². The summed E-state index contributed by atoms with van der Waals surface area (Å²) in [7, 11) is 0. The maximum atomic E-state index is 10.4. The summed E-state index contributed by atoms with van der Waals surface area (Å²) in [4.78, 5) is 0. The van der Waals surface area contributed by atoms with Gasteiger partial charge in [-0.3, -0.25) is 0 Å². The van der Waals surface area contributed by atoms with Crippen LogP contribution in [0.2, 0.25) is 5.02 Å². The Morgan fingerprint density at radius 2 is 1.94 bits per heavy atom. The molecule has 2 nitrogen and oxygen atoms in total. The molecule has 0 heterocycles. The van der Waals surface area contributed by atoms with Gasteiger partial charge < -0.3 is 10.8 Å². The van der Waals surface area contributed by atoms with E-state index in [0.717, 1.165) is 5.56 Å². The third-order valence-corrected chi connectivity index (χ3v) is 4.12. The summed E-state index contributed by atoms with van der Waals surface area (Å²) < 4.78 is 0. The van der Waals surface area contributed by atoms with Gasteiger partial charge in [-0.2, -0.15) is 0 Å². The molecule has 1 aliphatic rings. The molecule has 0 bridgehead atoms. The van der Waals surface area contributed by atoms with Crippen LogP contribution in [0.15, 0.2) is 24.3 Å². The molecular formula is C14H20ClNO. The highest BCUT2D eigenvalue weighted by Crippen LogP contribution is 2.41. The molecular weight excluding hydrogens is 234 g/mol. The van der Waals surface area contributed by atoms with Gasteiger partial charge in [0.05, 0.1) is 6.10 Å². The first-order valence-electron chi connectivity index (χ1n) is 6.27. The third-order valence-electron chi connectivity index (χ3n) is 3.87. The Labute approximate surface area is 108 Å². The summed E-state index contributed by atoms with van der Waals surface area (Å²) in [6.45, 7) is 2.60. The highest BCUT2D eigenvalue weighted by atomic mass is 35.5. The largest absolute Gasteiger partial charge is 0.392 e. The zero-order valence-electron chi connectivity index (χ0n) is 10.1. The van der Waals surface area contributed by atoms with Crippen molar-refractivity contribution < 1.29 is 5.11 Å². The summed E-state index contributed by atoms with van der Waals surface area (Å²) in [5.41, 5.74) is 6.89. The van der Waals surface area contributed by atoms with E-state index in [9.17, 15) is 5.11 Å². The molecule has 94 valence electrons. The minimum atomic E-state index is -0.353. The maximum Gasteiger partial charge on any atom is 0.0648 e. The number of nitrogens with two attached hydrogens (primary N) is 1. The Morgan fingerprint density at radius 1 is 1.35 bits per heavy atom. The van der Waals surface area contributed by atoms with E-state index in [4.69, 9.17) is 17.3 Å². The third kappa shape index (κ3) is 3.01. The van der Waals surface area contributed by atoms with Crippen LogP contribution in [0.4, 0.5) is 0 Å². The molecule has 17 heavy (non-hydrogen) atoms. The van der Waals surface area contributed by atoms with Crippen molar-refractivity contribution in [2.24, 2.45) is 17.6 Å². The van der Waals surface area contributed by atoms with Gasteiger partial charge >= 0.3 is 0 Å². The summed E-state index contributed by atoms with van der Waals surface area (Å²) in [5.74, 6) is 1.04. The molecule has 0 aliphatic heterocycles. The van der Waals surface area contributed by atoms with Crippen LogP contribution in [0.5, 0.6) is 0 Å². The van der Waals surface area contributed by atoms with E-state index in [2.05, 4.69) is 6.92 Å². The van der Waals surface area contributed by atoms with Gasteiger partial charge in [-0.05, 0) is 42.4 Å². The first kappa shape index (κ1) is 12.9. The number of hydrogen-bond acceptors (Lipinski definition) is 2. The van der Waals surface area contributed by atoms with Crippen LogP contribution in [0, 0.1) is 11.8 Å².